The Hall–Kier alpha value is -4.63. The predicted octanol–water partition coefficient (Wildman–Crippen LogP) is 9.59. The van der Waals surface area contributed by atoms with Crippen molar-refractivity contribution in [2.24, 2.45) is 0 Å². The van der Waals surface area contributed by atoms with E-state index in [-0.39, 0.29) is 5.56 Å². The number of hydrogen-bond acceptors (Lipinski definition) is 2. The maximum Gasteiger partial charge on any atom is 0.339 e. The molecule has 5 rings (SSSR count). The fourth-order valence-corrected chi connectivity index (χ4v) is 6.38. The second kappa shape index (κ2) is 13.3. The highest BCUT2D eigenvalue weighted by Crippen LogP contribution is 2.28. The average Bonchev–Trinajstić information content (AvgIpc) is 2.99. The minimum Gasteiger partial charge on any atom is -0.488 e. The first-order valence-corrected chi connectivity index (χ1v) is 15.3. The molecule has 0 aromatic heterocycles. The van der Waals surface area contributed by atoms with Crippen molar-refractivity contribution in [3.05, 3.63) is 169 Å². The number of para-hydroxylation sites is 1. The van der Waals surface area contributed by atoms with Gasteiger partial charge in [0.1, 0.15) is 17.9 Å². The lowest BCUT2D eigenvalue weighted by Gasteiger charge is -2.18. The van der Waals surface area contributed by atoms with Crippen molar-refractivity contribution in [2.45, 2.75) is 67.4 Å². The van der Waals surface area contributed by atoms with E-state index in [2.05, 4.69) is 108 Å². The van der Waals surface area contributed by atoms with Crippen molar-refractivity contribution in [2.75, 3.05) is 0 Å². The first-order valence-electron chi connectivity index (χ1n) is 15.3. The molecule has 0 unspecified atom stereocenters. The second-order valence-electron chi connectivity index (χ2n) is 12.2. The smallest absolute Gasteiger partial charge is 0.339 e. The van der Waals surface area contributed by atoms with Gasteiger partial charge < -0.3 is 9.84 Å². The quantitative estimate of drug-likeness (QED) is 0.178. The van der Waals surface area contributed by atoms with Crippen LogP contribution in [0.15, 0.2) is 91.0 Å². The number of aromatic carboxylic acids is 1. The number of carboxylic acid groups (broad SMARTS) is 1. The molecule has 0 spiro atoms. The maximum atomic E-state index is 11.5. The molecule has 0 amide bonds. The first-order chi connectivity index (χ1) is 21.1. The van der Waals surface area contributed by atoms with Crippen molar-refractivity contribution in [1.82, 2.24) is 0 Å². The SMILES string of the molecule is Cc1cc(C)c(Cc2ccc(Cc3c(C)cc(C)c(Cc4ccc(COc5ccccc5C(=O)O)cc4)c3C)cc2)c(C)c1. The monoisotopic (exact) mass is 582 g/mol. The van der Waals surface area contributed by atoms with Crippen LogP contribution in [0.25, 0.3) is 0 Å². The topological polar surface area (TPSA) is 46.5 Å². The van der Waals surface area contributed by atoms with E-state index in [1.165, 1.54) is 66.8 Å². The van der Waals surface area contributed by atoms with Gasteiger partial charge in [0.25, 0.3) is 0 Å². The minimum absolute atomic E-state index is 0.175. The molecule has 5 aromatic carbocycles. The Labute approximate surface area is 262 Å². The zero-order valence-corrected chi connectivity index (χ0v) is 26.8. The summed E-state index contributed by atoms with van der Waals surface area (Å²) in [6.07, 6.45) is 2.75. The molecule has 3 nitrogen and oxygen atoms in total. The minimum atomic E-state index is -0.987. The van der Waals surface area contributed by atoms with Gasteiger partial charge in [-0.3, -0.25) is 0 Å². The summed E-state index contributed by atoms with van der Waals surface area (Å²) in [5.74, 6) is -0.604. The van der Waals surface area contributed by atoms with Crippen LogP contribution in [0.5, 0.6) is 5.75 Å². The van der Waals surface area contributed by atoms with Crippen LogP contribution in [0.4, 0.5) is 0 Å². The number of carbonyl (C=O) groups is 1. The lowest BCUT2D eigenvalue weighted by Crippen LogP contribution is -2.05. The molecule has 0 saturated heterocycles. The van der Waals surface area contributed by atoms with Gasteiger partial charge in [-0.25, -0.2) is 4.79 Å². The van der Waals surface area contributed by atoms with E-state index in [0.29, 0.717) is 12.4 Å². The maximum absolute atomic E-state index is 11.5. The number of carboxylic acids is 1. The third-order valence-electron chi connectivity index (χ3n) is 8.83. The molecule has 0 aliphatic heterocycles. The first kappa shape index (κ1) is 30.8. The van der Waals surface area contributed by atoms with E-state index < -0.39 is 5.97 Å². The molecule has 0 heterocycles. The Morgan fingerprint density at radius 2 is 1.00 bits per heavy atom. The molecule has 3 heteroatoms. The molecular weight excluding hydrogens is 540 g/mol. The lowest BCUT2D eigenvalue weighted by atomic mass is 9.87. The fourth-order valence-electron chi connectivity index (χ4n) is 6.38. The van der Waals surface area contributed by atoms with Gasteiger partial charge >= 0.3 is 5.97 Å². The Balaban J connectivity index is 1.28. The van der Waals surface area contributed by atoms with Crippen molar-refractivity contribution < 1.29 is 14.6 Å². The van der Waals surface area contributed by atoms with Gasteiger partial charge in [-0.05, 0) is 140 Å². The summed E-state index contributed by atoms with van der Waals surface area (Å²) in [5, 5.41) is 9.41. The Bertz CT molecular complexity index is 1770. The van der Waals surface area contributed by atoms with Gasteiger partial charge in [-0.15, -0.1) is 0 Å². The average molecular weight is 583 g/mol. The summed E-state index contributed by atoms with van der Waals surface area (Å²) in [6, 6.07) is 31.2. The van der Waals surface area contributed by atoms with Crippen molar-refractivity contribution >= 4 is 5.97 Å². The van der Waals surface area contributed by atoms with Crippen molar-refractivity contribution in [3.63, 3.8) is 0 Å². The highest BCUT2D eigenvalue weighted by atomic mass is 16.5. The molecular formula is C41H42O3. The highest BCUT2D eigenvalue weighted by Gasteiger charge is 2.14. The molecule has 0 bridgehead atoms. The van der Waals surface area contributed by atoms with Gasteiger partial charge in [0.15, 0.2) is 0 Å². The van der Waals surface area contributed by atoms with Crippen LogP contribution in [-0.4, -0.2) is 11.1 Å². The van der Waals surface area contributed by atoms with Crippen LogP contribution in [0.3, 0.4) is 0 Å². The zero-order valence-electron chi connectivity index (χ0n) is 26.8. The molecule has 0 saturated carbocycles. The molecule has 1 N–H and O–H groups in total. The molecule has 0 aliphatic rings. The Kier molecular flexibility index (Phi) is 9.35. The number of ether oxygens (including phenoxy) is 1. The normalized spacial score (nSPS) is 11.0. The van der Waals surface area contributed by atoms with Crippen molar-refractivity contribution in [1.29, 1.82) is 0 Å². The van der Waals surface area contributed by atoms with Crippen molar-refractivity contribution in [3.8, 4) is 5.75 Å². The van der Waals surface area contributed by atoms with Gasteiger partial charge in [0.05, 0.1) is 0 Å². The molecule has 224 valence electrons. The lowest BCUT2D eigenvalue weighted by molar-refractivity contribution is 0.0691. The zero-order chi connectivity index (χ0) is 31.4. The van der Waals surface area contributed by atoms with Gasteiger partial charge in [0, 0.05) is 0 Å². The Morgan fingerprint density at radius 1 is 0.568 bits per heavy atom. The molecule has 0 atom stereocenters. The van der Waals surface area contributed by atoms with E-state index in [1.807, 2.05) is 0 Å². The number of benzene rings is 5. The summed E-state index contributed by atoms with van der Waals surface area (Å²) < 4.78 is 5.84. The van der Waals surface area contributed by atoms with Crippen LogP contribution >= 0.6 is 0 Å². The van der Waals surface area contributed by atoms with Gasteiger partial charge in [-0.2, -0.15) is 0 Å². The molecule has 0 aliphatic carbocycles. The summed E-state index contributed by atoms with van der Waals surface area (Å²) in [4.78, 5) is 11.5. The third kappa shape index (κ3) is 7.11. The van der Waals surface area contributed by atoms with Crippen LogP contribution in [0, 0.1) is 41.5 Å². The van der Waals surface area contributed by atoms with Gasteiger partial charge in [0.2, 0.25) is 0 Å². The van der Waals surface area contributed by atoms with E-state index >= 15 is 0 Å². The second-order valence-corrected chi connectivity index (χ2v) is 12.2. The molecule has 5 aromatic rings. The van der Waals surface area contributed by atoms with Crippen LogP contribution in [0.2, 0.25) is 0 Å². The highest BCUT2D eigenvalue weighted by molar-refractivity contribution is 5.90. The summed E-state index contributed by atoms with van der Waals surface area (Å²) >= 11 is 0. The van der Waals surface area contributed by atoms with E-state index in [9.17, 15) is 9.90 Å². The molecule has 0 radical (unpaired) electrons. The fraction of sp³-hybridized carbons (Fsp3) is 0.244. The number of aryl methyl sites for hydroxylation is 5. The largest absolute Gasteiger partial charge is 0.488 e. The van der Waals surface area contributed by atoms with E-state index in [0.717, 1.165) is 24.8 Å². The predicted molar refractivity (Wildman–Crippen MR) is 180 cm³/mol. The Morgan fingerprint density at radius 3 is 1.50 bits per heavy atom. The molecule has 0 fully saturated rings. The van der Waals surface area contributed by atoms with Crippen LogP contribution in [0.1, 0.15) is 82.7 Å². The van der Waals surface area contributed by atoms with E-state index in [1.54, 1.807) is 24.3 Å². The standard InChI is InChI=1S/C41H42O3/c1-26-19-27(2)37(28(3)20-26)22-32-11-13-33(14-12-32)23-38-29(4)21-30(5)39(31(38)6)24-34-15-17-35(18-16-34)25-44-40-10-8-7-9-36(40)41(42)43/h7-21H,22-25H2,1-6H3,(H,42,43). The van der Waals surface area contributed by atoms with Crippen LogP contribution in [-0.2, 0) is 25.9 Å². The number of rotatable bonds is 10. The number of hydrogen-bond donors (Lipinski definition) is 1. The summed E-state index contributed by atoms with van der Waals surface area (Å²) in [7, 11) is 0. The van der Waals surface area contributed by atoms with E-state index in [4.69, 9.17) is 4.74 Å². The molecule has 44 heavy (non-hydrogen) atoms. The summed E-state index contributed by atoms with van der Waals surface area (Å²) in [6.45, 7) is 13.6. The van der Waals surface area contributed by atoms with Crippen LogP contribution < -0.4 is 4.74 Å². The third-order valence-corrected chi connectivity index (χ3v) is 8.83. The summed E-state index contributed by atoms with van der Waals surface area (Å²) in [5.41, 5.74) is 17.4. The van der Waals surface area contributed by atoms with Gasteiger partial charge in [-0.1, -0.05) is 84.4 Å².